The van der Waals surface area contributed by atoms with Gasteiger partial charge in [-0.1, -0.05) is 0 Å². The van der Waals surface area contributed by atoms with E-state index in [1.54, 1.807) is 33.1 Å². The molecule has 0 bridgehead atoms. The van der Waals surface area contributed by atoms with Gasteiger partial charge in [-0.3, -0.25) is 10.1 Å². The van der Waals surface area contributed by atoms with E-state index in [0.717, 1.165) is 0 Å². The molecule has 0 saturated heterocycles. The highest BCUT2D eigenvalue weighted by Crippen LogP contribution is 2.27. The first kappa shape index (κ1) is 9.51. The summed E-state index contributed by atoms with van der Waals surface area (Å²) in [5.41, 5.74) is 1.42. The van der Waals surface area contributed by atoms with Crippen molar-refractivity contribution in [1.29, 1.82) is 0 Å². The lowest BCUT2D eigenvalue weighted by atomic mass is 10.2. The van der Waals surface area contributed by atoms with E-state index in [1.165, 1.54) is 0 Å². The summed E-state index contributed by atoms with van der Waals surface area (Å²) in [6, 6.07) is 3.32. The number of ether oxygens (including phenoxy) is 1. The van der Waals surface area contributed by atoms with Gasteiger partial charge < -0.3 is 4.74 Å². The van der Waals surface area contributed by atoms with Gasteiger partial charge in [0.2, 0.25) is 0 Å². The molecular weight excluding hydrogens is 171 g/mol. The fraction of sp³-hybridized carbons (Fsp3) is 0.333. The number of benzene rings is 1. The monoisotopic (exact) mass is 182 g/mol. The summed E-state index contributed by atoms with van der Waals surface area (Å²) in [6.45, 7) is 3.40. The molecule has 0 aliphatic heterocycles. The van der Waals surface area contributed by atoms with E-state index in [1.807, 2.05) is 0 Å². The van der Waals surface area contributed by atoms with Crippen LogP contribution in [-0.4, -0.2) is 12.0 Å². The molecule has 13 heavy (non-hydrogen) atoms. The van der Waals surface area contributed by atoms with Crippen molar-refractivity contribution in [2.75, 3.05) is 7.11 Å². The number of hydrogen-bond donors (Lipinski definition) is 0. The van der Waals surface area contributed by atoms with Crippen molar-refractivity contribution in [1.82, 2.24) is 0 Å². The number of hydrogen-bond acceptors (Lipinski definition) is 3. The molecule has 0 aliphatic carbocycles. The predicted molar refractivity (Wildman–Crippen MR) is 49.1 cm³/mol. The van der Waals surface area contributed by atoms with Gasteiger partial charge in [0.15, 0.2) is 0 Å². The molecule has 4 nitrogen and oxygen atoms in total. The second-order valence-corrected chi connectivity index (χ2v) is 2.87. The molecule has 0 aliphatic rings. The van der Waals surface area contributed by atoms with Crippen molar-refractivity contribution in [3.8, 4) is 5.75 Å². The van der Waals surface area contributed by atoms with Crippen LogP contribution in [0.15, 0.2) is 12.1 Å². The molecule has 0 heterocycles. The van der Waals surface area contributed by atoms with Gasteiger partial charge in [0.05, 0.1) is 12.0 Å². The zero-order chi connectivity index (χ0) is 10.0. The smallest absolute Gasteiger partial charge is 0.275 e. The molecular formula is C9H11NO3. The number of aryl methyl sites for hydroxylation is 2. The Balaban J connectivity index is 3.31. The zero-order valence-corrected chi connectivity index (χ0v) is 7.83. The Morgan fingerprint density at radius 3 is 2.08 bits per heavy atom. The van der Waals surface area contributed by atoms with Gasteiger partial charge in [0.1, 0.15) is 5.75 Å². The van der Waals surface area contributed by atoms with Crippen LogP contribution in [0.2, 0.25) is 0 Å². The van der Waals surface area contributed by atoms with Crippen LogP contribution in [0.1, 0.15) is 11.1 Å². The number of nitro groups is 1. The second-order valence-electron chi connectivity index (χ2n) is 2.87. The van der Waals surface area contributed by atoms with Gasteiger partial charge in [-0.25, -0.2) is 0 Å². The lowest BCUT2D eigenvalue weighted by Crippen LogP contribution is -1.96. The van der Waals surface area contributed by atoms with E-state index in [4.69, 9.17) is 4.74 Å². The Bertz CT molecular complexity index is 324. The Morgan fingerprint density at radius 1 is 1.31 bits per heavy atom. The van der Waals surface area contributed by atoms with Crippen molar-refractivity contribution in [2.24, 2.45) is 0 Å². The maximum atomic E-state index is 10.6. The summed E-state index contributed by atoms with van der Waals surface area (Å²) < 4.78 is 4.99. The standard InChI is InChI=1S/C9H11NO3/c1-6-4-8(13-3)5-7(2)9(6)10(11)12/h4-5H,1-3H3/i9+1. The van der Waals surface area contributed by atoms with Crippen molar-refractivity contribution >= 4 is 5.69 Å². The molecule has 1 aromatic carbocycles. The van der Waals surface area contributed by atoms with E-state index < -0.39 is 0 Å². The van der Waals surface area contributed by atoms with Crippen LogP contribution in [0, 0.1) is 24.0 Å². The van der Waals surface area contributed by atoms with E-state index in [2.05, 4.69) is 0 Å². The van der Waals surface area contributed by atoms with Crippen LogP contribution < -0.4 is 4.74 Å². The number of methoxy groups -OCH3 is 1. The third kappa shape index (κ3) is 1.77. The summed E-state index contributed by atoms with van der Waals surface area (Å²) in [5.74, 6) is 0.653. The molecule has 4 heteroatoms. The van der Waals surface area contributed by atoms with E-state index in [0.29, 0.717) is 16.9 Å². The van der Waals surface area contributed by atoms with Crippen LogP contribution in [0.25, 0.3) is 0 Å². The number of rotatable bonds is 2. The Morgan fingerprint density at radius 2 is 1.77 bits per heavy atom. The highest BCUT2D eigenvalue weighted by Gasteiger charge is 2.15. The van der Waals surface area contributed by atoms with Crippen LogP contribution >= 0.6 is 0 Å². The van der Waals surface area contributed by atoms with Crippen LogP contribution in [0.3, 0.4) is 0 Å². The van der Waals surface area contributed by atoms with Gasteiger partial charge in [-0.2, -0.15) is 0 Å². The van der Waals surface area contributed by atoms with Crippen LogP contribution in [0.4, 0.5) is 5.69 Å². The van der Waals surface area contributed by atoms with Crippen molar-refractivity contribution in [2.45, 2.75) is 13.8 Å². The normalized spacial score (nSPS) is 9.77. The maximum Gasteiger partial charge on any atom is 0.275 e. The van der Waals surface area contributed by atoms with Crippen LogP contribution in [0.5, 0.6) is 5.75 Å². The van der Waals surface area contributed by atoms with E-state index in [9.17, 15) is 10.1 Å². The molecule has 70 valence electrons. The minimum absolute atomic E-state index is 0.167. The topological polar surface area (TPSA) is 52.4 Å². The van der Waals surface area contributed by atoms with Gasteiger partial charge in [-0.15, -0.1) is 0 Å². The Labute approximate surface area is 76.3 Å². The SMILES string of the molecule is COc1cc(C)[13c]([N+](=O)[O-])c(C)c1. The largest absolute Gasteiger partial charge is 0.497 e. The molecule has 0 fully saturated rings. The number of nitro benzene ring substituents is 1. The highest BCUT2D eigenvalue weighted by molar-refractivity contribution is 5.50. The summed E-state index contributed by atoms with van der Waals surface area (Å²) in [4.78, 5) is 10.2. The third-order valence-corrected chi connectivity index (χ3v) is 1.88. The first-order valence-electron chi connectivity index (χ1n) is 3.86. The van der Waals surface area contributed by atoms with Crippen molar-refractivity contribution in [3.63, 3.8) is 0 Å². The summed E-state index contributed by atoms with van der Waals surface area (Å²) in [7, 11) is 1.54. The van der Waals surface area contributed by atoms with E-state index >= 15 is 0 Å². The quantitative estimate of drug-likeness (QED) is 0.520. The minimum atomic E-state index is -0.371. The van der Waals surface area contributed by atoms with Crippen molar-refractivity contribution < 1.29 is 9.66 Å². The average Bonchev–Trinajstić information content (AvgIpc) is 2.02. The summed E-state index contributed by atoms with van der Waals surface area (Å²) in [5, 5.41) is 10.6. The maximum absolute atomic E-state index is 10.6. The molecule has 0 unspecified atom stereocenters. The first-order valence-corrected chi connectivity index (χ1v) is 3.86. The molecule has 0 radical (unpaired) electrons. The Kier molecular flexibility index (Phi) is 2.51. The fourth-order valence-electron chi connectivity index (χ4n) is 1.32. The van der Waals surface area contributed by atoms with Gasteiger partial charge in [-0.05, 0) is 26.0 Å². The van der Waals surface area contributed by atoms with Gasteiger partial charge in [0, 0.05) is 11.1 Å². The lowest BCUT2D eigenvalue weighted by molar-refractivity contribution is -0.386. The Hall–Kier alpha value is -1.58. The second kappa shape index (κ2) is 3.43. The van der Waals surface area contributed by atoms with E-state index in [-0.39, 0.29) is 10.6 Å². The highest BCUT2D eigenvalue weighted by atomic mass is 16.6. The summed E-state index contributed by atoms with van der Waals surface area (Å²) in [6.07, 6.45) is 0. The molecule has 1 aromatic rings. The predicted octanol–water partition coefficient (Wildman–Crippen LogP) is 2.22. The molecule has 0 aromatic heterocycles. The molecule has 0 spiro atoms. The minimum Gasteiger partial charge on any atom is -0.497 e. The molecule has 0 atom stereocenters. The third-order valence-electron chi connectivity index (χ3n) is 1.88. The summed E-state index contributed by atoms with van der Waals surface area (Å²) >= 11 is 0. The van der Waals surface area contributed by atoms with Crippen LogP contribution in [-0.2, 0) is 0 Å². The van der Waals surface area contributed by atoms with Gasteiger partial charge in [0.25, 0.3) is 5.69 Å². The van der Waals surface area contributed by atoms with Gasteiger partial charge >= 0.3 is 0 Å². The van der Waals surface area contributed by atoms with Crippen molar-refractivity contribution in [3.05, 3.63) is 33.4 Å². The average molecular weight is 182 g/mol. The first-order chi connectivity index (χ1) is 6.06. The molecule has 0 N–H and O–H groups in total. The number of nitrogens with zero attached hydrogens (tertiary/aromatic N) is 1. The molecule has 1 rings (SSSR count). The molecule has 0 saturated carbocycles. The lowest BCUT2D eigenvalue weighted by Gasteiger charge is -2.04. The zero-order valence-electron chi connectivity index (χ0n) is 7.83. The molecule has 0 amide bonds. The fourth-order valence-corrected chi connectivity index (χ4v) is 1.32.